The molecule has 0 bridgehead atoms. The first-order valence-electron chi connectivity index (χ1n) is 12.1. The zero-order valence-corrected chi connectivity index (χ0v) is 20.1. The third-order valence-corrected chi connectivity index (χ3v) is 6.24. The summed E-state index contributed by atoms with van der Waals surface area (Å²) in [6.45, 7) is 2.22. The highest BCUT2D eigenvalue weighted by molar-refractivity contribution is 5.47. The molecular formula is C31H33NO2. The van der Waals surface area contributed by atoms with Crippen molar-refractivity contribution < 1.29 is 9.47 Å². The predicted octanol–water partition coefficient (Wildman–Crippen LogP) is 7.78. The summed E-state index contributed by atoms with van der Waals surface area (Å²) in [5, 5.41) is 0. The van der Waals surface area contributed by atoms with Crippen LogP contribution in [0.5, 0.6) is 11.5 Å². The van der Waals surface area contributed by atoms with Crippen LogP contribution in [0.15, 0.2) is 103 Å². The van der Waals surface area contributed by atoms with Crippen LogP contribution in [0, 0.1) is 0 Å². The molecule has 1 heterocycles. The minimum atomic E-state index is -0.0133. The quantitative estimate of drug-likeness (QED) is 0.233. The number of pyridine rings is 1. The molecule has 0 aliphatic heterocycles. The number of nitrogens with zero attached hydrogens (tertiary/aromatic N) is 1. The molecule has 0 saturated heterocycles. The minimum Gasteiger partial charge on any atom is -0.493 e. The van der Waals surface area contributed by atoms with Gasteiger partial charge in [-0.15, -0.1) is 0 Å². The van der Waals surface area contributed by atoms with Gasteiger partial charge in [0.1, 0.15) is 6.10 Å². The number of rotatable bonds is 11. The van der Waals surface area contributed by atoms with Gasteiger partial charge in [0.25, 0.3) is 0 Å². The molecule has 0 amide bonds. The smallest absolute Gasteiger partial charge is 0.162 e. The van der Waals surface area contributed by atoms with E-state index >= 15 is 0 Å². The molecule has 0 aliphatic carbocycles. The van der Waals surface area contributed by atoms with Crippen LogP contribution < -0.4 is 9.47 Å². The monoisotopic (exact) mass is 451 g/mol. The minimum absolute atomic E-state index is 0.0133. The highest BCUT2D eigenvalue weighted by atomic mass is 16.5. The maximum atomic E-state index is 6.67. The molecule has 2 atom stereocenters. The van der Waals surface area contributed by atoms with Gasteiger partial charge in [-0.1, -0.05) is 80.1 Å². The Kier molecular flexibility index (Phi) is 8.34. The third kappa shape index (κ3) is 6.05. The van der Waals surface area contributed by atoms with Crippen molar-refractivity contribution in [2.24, 2.45) is 0 Å². The van der Waals surface area contributed by atoms with Gasteiger partial charge in [0.2, 0.25) is 0 Å². The molecule has 3 heteroatoms. The van der Waals surface area contributed by atoms with E-state index in [1.807, 2.05) is 24.5 Å². The van der Waals surface area contributed by atoms with E-state index in [0.717, 1.165) is 37.2 Å². The van der Waals surface area contributed by atoms with Crippen molar-refractivity contribution in [2.75, 3.05) is 7.11 Å². The van der Waals surface area contributed by atoms with Crippen LogP contribution in [0.25, 0.3) is 0 Å². The number of benzene rings is 3. The van der Waals surface area contributed by atoms with Crippen LogP contribution in [0.2, 0.25) is 0 Å². The molecule has 4 rings (SSSR count). The average molecular weight is 452 g/mol. The molecule has 34 heavy (non-hydrogen) atoms. The Hall–Kier alpha value is -3.59. The topological polar surface area (TPSA) is 31.4 Å². The van der Waals surface area contributed by atoms with Crippen molar-refractivity contribution in [3.05, 3.63) is 126 Å². The Balaban J connectivity index is 1.70. The lowest BCUT2D eigenvalue weighted by molar-refractivity contribution is 0.183. The van der Waals surface area contributed by atoms with Crippen molar-refractivity contribution in [1.82, 2.24) is 4.98 Å². The van der Waals surface area contributed by atoms with Crippen LogP contribution in [0.3, 0.4) is 0 Å². The SMILES string of the molecule is CCCC[C@@H](Oc1cc(C(Cc2ccncc2)c2ccccc2)ccc1OC)c1ccccc1. The van der Waals surface area contributed by atoms with E-state index in [9.17, 15) is 0 Å². The van der Waals surface area contributed by atoms with Gasteiger partial charge < -0.3 is 9.47 Å². The second kappa shape index (κ2) is 12.0. The van der Waals surface area contributed by atoms with Gasteiger partial charge >= 0.3 is 0 Å². The number of hydrogen-bond donors (Lipinski definition) is 0. The Bertz CT molecular complexity index is 1130. The first-order chi connectivity index (χ1) is 16.8. The summed E-state index contributed by atoms with van der Waals surface area (Å²) in [7, 11) is 1.71. The zero-order valence-electron chi connectivity index (χ0n) is 20.1. The Morgan fingerprint density at radius 1 is 0.735 bits per heavy atom. The van der Waals surface area contributed by atoms with E-state index < -0.39 is 0 Å². The molecule has 3 nitrogen and oxygen atoms in total. The van der Waals surface area contributed by atoms with Crippen molar-refractivity contribution >= 4 is 0 Å². The van der Waals surface area contributed by atoms with Gasteiger partial charge in [-0.25, -0.2) is 0 Å². The number of aromatic nitrogens is 1. The summed E-state index contributed by atoms with van der Waals surface area (Å²) in [4.78, 5) is 4.18. The zero-order chi connectivity index (χ0) is 23.6. The maximum Gasteiger partial charge on any atom is 0.162 e. The summed E-state index contributed by atoms with van der Waals surface area (Å²) < 4.78 is 12.4. The molecule has 174 valence electrons. The highest BCUT2D eigenvalue weighted by Crippen LogP contribution is 2.38. The Morgan fingerprint density at radius 3 is 2.06 bits per heavy atom. The van der Waals surface area contributed by atoms with Crippen LogP contribution in [0.1, 0.15) is 60.5 Å². The average Bonchev–Trinajstić information content (AvgIpc) is 2.91. The molecule has 0 N–H and O–H groups in total. The van der Waals surface area contributed by atoms with Gasteiger partial charge in [-0.2, -0.15) is 0 Å². The summed E-state index contributed by atoms with van der Waals surface area (Å²) in [6.07, 6.45) is 7.79. The lowest BCUT2D eigenvalue weighted by Gasteiger charge is -2.24. The molecule has 0 saturated carbocycles. The molecule has 0 spiro atoms. The summed E-state index contributed by atoms with van der Waals surface area (Å²) in [6, 6.07) is 31.7. The molecule has 4 aromatic rings. The fraction of sp³-hybridized carbons (Fsp3) is 0.258. The largest absolute Gasteiger partial charge is 0.493 e. The van der Waals surface area contributed by atoms with Gasteiger partial charge in [-0.05, 0) is 65.8 Å². The fourth-order valence-electron chi connectivity index (χ4n) is 4.37. The number of ether oxygens (including phenoxy) is 2. The summed E-state index contributed by atoms with van der Waals surface area (Å²) >= 11 is 0. The van der Waals surface area contributed by atoms with E-state index in [-0.39, 0.29) is 12.0 Å². The maximum absolute atomic E-state index is 6.67. The highest BCUT2D eigenvalue weighted by Gasteiger charge is 2.20. The van der Waals surface area contributed by atoms with E-state index in [2.05, 4.69) is 90.8 Å². The van der Waals surface area contributed by atoms with Gasteiger partial charge in [0.05, 0.1) is 7.11 Å². The van der Waals surface area contributed by atoms with Crippen molar-refractivity contribution in [3.8, 4) is 11.5 Å². The number of methoxy groups -OCH3 is 1. The Morgan fingerprint density at radius 2 is 1.41 bits per heavy atom. The molecule has 3 aromatic carbocycles. The number of hydrogen-bond acceptors (Lipinski definition) is 3. The van der Waals surface area contributed by atoms with Crippen LogP contribution in [-0.2, 0) is 6.42 Å². The summed E-state index contributed by atoms with van der Waals surface area (Å²) in [5.74, 6) is 1.75. The van der Waals surface area contributed by atoms with Crippen LogP contribution in [0.4, 0.5) is 0 Å². The molecule has 0 fully saturated rings. The van der Waals surface area contributed by atoms with Crippen molar-refractivity contribution in [3.63, 3.8) is 0 Å². The van der Waals surface area contributed by atoms with Crippen LogP contribution >= 0.6 is 0 Å². The van der Waals surface area contributed by atoms with Crippen molar-refractivity contribution in [2.45, 2.75) is 44.6 Å². The summed E-state index contributed by atoms with van der Waals surface area (Å²) in [5.41, 5.74) is 4.94. The fourth-order valence-corrected chi connectivity index (χ4v) is 4.37. The second-order valence-electron chi connectivity index (χ2n) is 8.59. The third-order valence-electron chi connectivity index (χ3n) is 6.24. The lowest BCUT2D eigenvalue weighted by Crippen LogP contribution is -2.10. The van der Waals surface area contributed by atoms with Crippen molar-refractivity contribution in [1.29, 1.82) is 0 Å². The van der Waals surface area contributed by atoms with E-state index in [4.69, 9.17) is 9.47 Å². The Labute approximate surface area is 203 Å². The first kappa shape index (κ1) is 23.6. The van der Waals surface area contributed by atoms with E-state index in [1.165, 1.54) is 22.3 Å². The molecular weight excluding hydrogens is 418 g/mol. The van der Waals surface area contributed by atoms with Crippen LogP contribution in [-0.4, -0.2) is 12.1 Å². The lowest BCUT2D eigenvalue weighted by atomic mass is 9.86. The van der Waals surface area contributed by atoms with E-state index in [0.29, 0.717) is 0 Å². The van der Waals surface area contributed by atoms with E-state index in [1.54, 1.807) is 7.11 Å². The molecule has 0 radical (unpaired) electrons. The predicted molar refractivity (Wildman–Crippen MR) is 139 cm³/mol. The second-order valence-corrected chi connectivity index (χ2v) is 8.59. The van der Waals surface area contributed by atoms with Gasteiger partial charge in [-0.3, -0.25) is 4.98 Å². The molecule has 1 aromatic heterocycles. The number of unbranched alkanes of at least 4 members (excludes halogenated alkanes) is 1. The van der Waals surface area contributed by atoms with Gasteiger partial charge in [0.15, 0.2) is 11.5 Å². The first-order valence-corrected chi connectivity index (χ1v) is 12.1. The molecule has 1 unspecified atom stereocenters. The van der Waals surface area contributed by atoms with Gasteiger partial charge in [0, 0.05) is 18.3 Å². The normalized spacial score (nSPS) is 12.6. The standard InChI is InChI=1S/C31H33NO2/c1-3-4-15-29(26-13-9-6-10-14-26)34-31-23-27(16-17-30(31)33-2)28(25-11-7-5-8-12-25)22-24-18-20-32-21-19-24/h5-14,16-21,23,28-29H,3-4,15,22H2,1-2H3/t28?,29-/m1/s1. The molecule has 0 aliphatic rings.